The van der Waals surface area contributed by atoms with E-state index >= 15 is 4.39 Å². The summed E-state index contributed by atoms with van der Waals surface area (Å²) in [5.74, 6) is 0.0332. The summed E-state index contributed by atoms with van der Waals surface area (Å²) < 4.78 is 95.3. The van der Waals surface area contributed by atoms with Crippen LogP contribution in [0, 0.1) is 6.92 Å². The third-order valence-corrected chi connectivity index (χ3v) is 7.51. The van der Waals surface area contributed by atoms with Gasteiger partial charge in [0.05, 0.1) is 6.54 Å². The molecule has 0 bridgehead atoms. The van der Waals surface area contributed by atoms with Crippen molar-refractivity contribution >= 4 is 17.7 Å². The molecular weight excluding hydrogens is 555 g/mol. The summed E-state index contributed by atoms with van der Waals surface area (Å²) >= 11 is 0. The molecular formula is C28H28F7N5O. The Hall–Kier alpha value is -3.45. The molecule has 2 fully saturated rings. The number of benzene rings is 1. The van der Waals surface area contributed by atoms with Gasteiger partial charge in [-0.2, -0.15) is 31.4 Å². The molecule has 1 saturated heterocycles. The molecule has 2 aliphatic rings. The molecule has 0 amide bonds. The van der Waals surface area contributed by atoms with Crippen molar-refractivity contribution in [1.29, 1.82) is 0 Å². The Morgan fingerprint density at radius 2 is 1.59 bits per heavy atom. The summed E-state index contributed by atoms with van der Waals surface area (Å²) in [5, 5.41) is 13.8. The number of hydrogen-bond donors (Lipinski definition) is 1. The van der Waals surface area contributed by atoms with Crippen molar-refractivity contribution in [2.45, 2.75) is 50.3 Å². The number of aliphatic hydroxyl groups is 1. The van der Waals surface area contributed by atoms with Crippen LogP contribution < -0.4 is 4.90 Å². The Morgan fingerprint density at radius 1 is 0.951 bits per heavy atom. The van der Waals surface area contributed by atoms with E-state index in [9.17, 15) is 31.4 Å². The Morgan fingerprint density at radius 3 is 2.17 bits per heavy atom. The largest absolute Gasteiger partial charge is 0.430 e. The fourth-order valence-electron chi connectivity index (χ4n) is 4.98. The number of aryl methyl sites for hydroxylation is 1. The zero-order chi connectivity index (χ0) is 29.6. The van der Waals surface area contributed by atoms with E-state index in [2.05, 4.69) is 19.9 Å². The minimum absolute atomic E-state index is 0.00860. The molecule has 13 heteroatoms. The first-order valence-electron chi connectivity index (χ1n) is 13.1. The van der Waals surface area contributed by atoms with Gasteiger partial charge in [-0.1, -0.05) is 24.3 Å². The molecule has 1 N–H and O–H groups in total. The molecule has 220 valence electrons. The predicted molar refractivity (Wildman–Crippen MR) is 139 cm³/mol. The van der Waals surface area contributed by atoms with Crippen molar-refractivity contribution in [3.8, 4) is 0 Å². The number of rotatable bonds is 7. The molecule has 1 aliphatic carbocycles. The van der Waals surface area contributed by atoms with Crippen molar-refractivity contribution in [2.75, 3.05) is 31.1 Å². The highest BCUT2D eigenvalue weighted by Gasteiger charge is 2.71. The normalized spacial score (nSPS) is 17.8. The summed E-state index contributed by atoms with van der Waals surface area (Å²) in [6.45, 7) is 5.86. The van der Waals surface area contributed by atoms with Gasteiger partial charge in [-0.3, -0.25) is 9.58 Å². The van der Waals surface area contributed by atoms with Gasteiger partial charge in [-0.25, -0.2) is 9.37 Å². The highest BCUT2D eigenvalue weighted by atomic mass is 19.4. The molecule has 1 aliphatic heterocycles. The Labute approximate surface area is 231 Å². The maximum atomic E-state index is 15.0. The average molecular weight is 584 g/mol. The van der Waals surface area contributed by atoms with Crippen molar-refractivity contribution < 1.29 is 35.8 Å². The zero-order valence-electron chi connectivity index (χ0n) is 22.1. The van der Waals surface area contributed by atoms with E-state index in [0.29, 0.717) is 24.4 Å². The second-order valence-corrected chi connectivity index (χ2v) is 10.4. The molecule has 5 rings (SSSR count). The van der Waals surface area contributed by atoms with Gasteiger partial charge >= 0.3 is 12.4 Å². The first kappa shape index (κ1) is 29.1. The molecule has 1 saturated carbocycles. The quantitative estimate of drug-likeness (QED) is 0.362. The van der Waals surface area contributed by atoms with Crippen molar-refractivity contribution in [3.63, 3.8) is 0 Å². The van der Waals surface area contributed by atoms with Gasteiger partial charge in [0.1, 0.15) is 11.5 Å². The van der Waals surface area contributed by atoms with Crippen LogP contribution in [0.15, 0.2) is 48.7 Å². The minimum atomic E-state index is -6.00. The number of halogens is 7. The maximum absolute atomic E-state index is 15.0. The van der Waals surface area contributed by atoms with E-state index in [4.69, 9.17) is 0 Å². The standard InChI is InChI=1S/C28H28F7N5O/c1-18-14-24(23(29)15-19-2-4-21(5-3-19)26(41,27(30,31)32)28(33,34)35)37-40(18)17-20-8-9-36-25(16-20)39-12-10-38(11-13-39)22-6-7-22/h2-5,8-9,14-16,22,41H,6-7,10-13,17H2,1H3/b23-15-. The van der Waals surface area contributed by atoms with E-state index < -0.39 is 29.3 Å². The van der Waals surface area contributed by atoms with Crippen LogP contribution in [0.25, 0.3) is 11.9 Å². The van der Waals surface area contributed by atoms with E-state index in [1.54, 1.807) is 17.8 Å². The van der Waals surface area contributed by atoms with Crippen LogP contribution in [0.2, 0.25) is 0 Å². The molecule has 6 nitrogen and oxygen atoms in total. The van der Waals surface area contributed by atoms with Gasteiger partial charge in [0.15, 0.2) is 5.83 Å². The lowest BCUT2D eigenvalue weighted by Crippen LogP contribution is -2.53. The van der Waals surface area contributed by atoms with Gasteiger partial charge in [0.25, 0.3) is 5.60 Å². The van der Waals surface area contributed by atoms with Crippen LogP contribution in [0.1, 0.15) is 40.9 Å². The second kappa shape index (κ2) is 10.8. The van der Waals surface area contributed by atoms with Gasteiger partial charge < -0.3 is 10.0 Å². The molecule has 0 atom stereocenters. The predicted octanol–water partition coefficient (Wildman–Crippen LogP) is 5.70. The topological polar surface area (TPSA) is 57.4 Å². The van der Waals surface area contributed by atoms with E-state index in [-0.39, 0.29) is 11.3 Å². The lowest BCUT2D eigenvalue weighted by atomic mass is 9.91. The first-order valence-corrected chi connectivity index (χ1v) is 13.1. The number of pyridine rings is 1. The lowest BCUT2D eigenvalue weighted by molar-refractivity contribution is -0.376. The van der Waals surface area contributed by atoms with Crippen LogP contribution in [0.3, 0.4) is 0 Å². The number of nitrogens with zero attached hydrogens (tertiary/aromatic N) is 5. The third-order valence-electron chi connectivity index (χ3n) is 7.51. The molecule has 0 unspecified atom stereocenters. The molecule has 0 radical (unpaired) electrons. The number of alkyl halides is 6. The second-order valence-electron chi connectivity index (χ2n) is 10.4. The van der Waals surface area contributed by atoms with Crippen LogP contribution in [-0.4, -0.2) is 69.3 Å². The minimum Gasteiger partial charge on any atom is -0.369 e. The summed E-state index contributed by atoms with van der Waals surface area (Å²) in [6.07, 6.45) is -6.79. The van der Waals surface area contributed by atoms with Gasteiger partial charge in [0, 0.05) is 49.7 Å². The SMILES string of the molecule is Cc1cc(/C(F)=C/c2ccc(C(O)(C(F)(F)F)C(F)(F)F)cc2)nn1Cc1ccnc(N2CCN(C3CC3)CC2)c1. The van der Waals surface area contributed by atoms with Crippen LogP contribution in [-0.2, 0) is 12.1 Å². The van der Waals surface area contributed by atoms with E-state index in [1.807, 2.05) is 12.1 Å². The summed E-state index contributed by atoms with van der Waals surface area (Å²) in [6, 6.07) is 8.71. The monoisotopic (exact) mass is 583 g/mol. The average Bonchev–Trinajstić information content (AvgIpc) is 3.71. The van der Waals surface area contributed by atoms with Crippen molar-refractivity contribution in [1.82, 2.24) is 19.7 Å². The van der Waals surface area contributed by atoms with Crippen LogP contribution >= 0.6 is 0 Å². The van der Waals surface area contributed by atoms with Gasteiger partial charge in [0.2, 0.25) is 0 Å². The Balaban J connectivity index is 1.28. The van der Waals surface area contributed by atoms with Crippen molar-refractivity contribution in [2.24, 2.45) is 0 Å². The molecule has 0 spiro atoms. The van der Waals surface area contributed by atoms with Crippen LogP contribution in [0.5, 0.6) is 0 Å². The molecule has 3 heterocycles. The fraction of sp³-hybridized carbons (Fsp3) is 0.429. The third kappa shape index (κ3) is 5.96. The van der Waals surface area contributed by atoms with E-state index in [0.717, 1.165) is 61.8 Å². The van der Waals surface area contributed by atoms with Crippen LogP contribution in [0.4, 0.5) is 36.6 Å². The Bertz CT molecular complexity index is 1390. The number of hydrogen-bond acceptors (Lipinski definition) is 5. The molecule has 1 aromatic carbocycles. The maximum Gasteiger partial charge on any atom is 0.430 e. The fourth-order valence-corrected chi connectivity index (χ4v) is 4.98. The highest BCUT2D eigenvalue weighted by molar-refractivity contribution is 5.75. The Kier molecular flexibility index (Phi) is 7.62. The highest BCUT2D eigenvalue weighted by Crippen LogP contribution is 2.50. The molecule has 41 heavy (non-hydrogen) atoms. The number of piperazine rings is 1. The van der Waals surface area contributed by atoms with E-state index in [1.165, 1.54) is 18.9 Å². The molecule has 3 aromatic rings. The number of anilines is 1. The van der Waals surface area contributed by atoms with Crippen molar-refractivity contribution in [3.05, 3.63) is 76.7 Å². The zero-order valence-corrected chi connectivity index (χ0v) is 22.1. The smallest absolute Gasteiger partial charge is 0.369 e. The molecule has 2 aromatic heterocycles. The lowest BCUT2D eigenvalue weighted by Gasteiger charge is -2.35. The summed E-state index contributed by atoms with van der Waals surface area (Å²) in [4.78, 5) is 9.26. The van der Waals surface area contributed by atoms with Gasteiger partial charge in [-0.15, -0.1) is 0 Å². The number of aromatic nitrogens is 3. The summed E-state index contributed by atoms with van der Waals surface area (Å²) in [5.41, 5.74) is -4.95. The summed E-state index contributed by atoms with van der Waals surface area (Å²) in [7, 11) is 0. The first-order chi connectivity index (χ1) is 19.3. The van der Waals surface area contributed by atoms with Gasteiger partial charge in [-0.05, 0) is 55.2 Å².